The molecule has 0 aromatic heterocycles. The summed E-state index contributed by atoms with van der Waals surface area (Å²) in [5.41, 5.74) is 5.69. The summed E-state index contributed by atoms with van der Waals surface area (Å²) in [6.07, 6.45) is 0. The van der Waals surface area contributed by atoms with E-state index in [0.717, 1.165) is 4.90 Å². The van der Waals surface area contributed by atoms with Gasteiger partial charge in [0.2, 0.25) is 5.91 Å². The van der Waals surface area contributed by atoms with Crippen molar-refractivity contribution in [3.05, 3.63) is 28.2 Å². The third kappa shape index (κ3) is 5.12. The molecule has 0 unspecified atom stereocenters. The number of nitriles is 1. The molecule has 110 valence electrons. The molecule has 0 saturated heterocycles. The van der Waals surface area contributed by atoms with Crippen molar-refractivity contribution in [1.29, 1.82) is 5.26 Å². The lowest BCUT2D eigenvalue weighted by Crippen LogP contribution is -2.43. The molecule has 1 rings (SSSR count). The molecule has 1 aromatic carbocycles. The van der Waals surface area contributed by atoms with Gasteiger partial charge in [-0.3, -0.25) is 9.59 Å². The predicted octanol–water partition coefficient (Wildman–Crippen LogP) is 0.725. The molecule has 3 amide bonds. The largest absolute Gasteiger partial charge is 0.480 e. The summed E-state index contributed by atoms with van der Waals surface area (Å²) in [5.74, 6) is -2.10. The minimum absolute atomic E-state index is 0.332. The van der Waals surface area contributed by atoms with Gasteiger partial charge in [-0.05, 0) is 34.1 Å². The number of halogens is 1. The van der Waals surface area contributed by atoms with Crippen molar-refractivity contribution in [2.45, 2.75) is 0 Å². The Kier molecular flexibility index (Phi) is 5.68. The van der Waals surface area contributed by atoms with Gasteiger partial charge in [0.05, 0.1) is 17.3 Å². The van der Waals surface area contributed by atoms with Crippen LogP contribution in [-0.4, -0.2) is 41.0 Å². The number of nitrogens with two attached hydrogens (primary N) is 1. The first-order valence-corrected chi connectivity index (χ1v) is 6.38. The first-order valence-electron chi connectivity index (χ1n) is 5.59. The van der Waals surface area contributed by atoms with Crippen LogP contribution >= 0.6 is 15.9 Å². The van der Waals surface area contributed by atoms with Gasteiger partial charge in [-0.15, -0.1) is 0 Å². The number of rotatable bonds is 5. The summed E-state index contributed by atoms with van der Waals surface area (Å²) in [4.78, 5) is 34.2. The minimum atomic E-state index is -1.27. The quantitative estimate of drug-likeness (QED) is 0.715. The van der Waals surface area contributed by atoms with Crippen molar-refractivity contribution < 1.29 is 19.5 Å². The standard InChI is InChI=1S/C12H11BrN4O4/c13-8-3-7(4-14)1-2-9(8)16-12(21)17(5-10(15)18)6-11(19)20/h1-3H,5-6H2,(H2,15,18)(H,16,21)(H,19,20). The third-order valence-electron chi connectivity index (χ3n) is 2.30. The van der Waals surface area contributed by atoms with E-state index in [9.17, 15) is 14.4 Å². The van der Waals surface area contributed by atoms with Gasteiger partial charge in [0.1, 0.15) is 13.1 Å². The van der Waals surface area contributed by atoms with Crippen molar-refractivity contribution in [1.82, 2.24) is 4.90 Å². The number of carbonyl (C=O) groups is 3. The summed E-state index contributed by atoms with van der Waals surface area (Å²) in [5, 5.41) is 19.9. The number of hydrogen-bond donors (Lipinski definition) is 3. The van der Waals surface area contributed by atoms with Crippen molar-refractivity contribution in [2.24, 2.45) is 5.73 Å². The smallest absolute Gasteiger partial charge is 0.323 e. The van der Waals surface area contributed by atoms with Gasteiger partial charge in [-0.25, -0.2) is 4.79 Å². The maximum atomic E-state index is 11.9. The topological polar surface area (TPSA) is 137 Å². The van der Waals surface area contributed by atoms with Gasteiger partial charge in [-0.2, -0.15) is 5.26 Å². The van der Waals surface area contributed by atoms with E-state index in [1.54, 1.807) is 0 Å². The van der Waals surface area contributed by atoms with Crippen LogP contribution in [0.3, 0.4) is 0 Å². The fourth-order valence-electron chi connectivity index (χ4n) is 1.43. The van der Waals surface area contributed by atoms with Gasteiger partial charge in [0.15, 0.2) is 0 Å². The van der Waals surface area contributed by atoms with E-state index in [1.165, 1.54) is 18.2 Å². The predicted molar refractivity (Wildman–Crippen MR) is 76.3 cm³/mol. The lowest BCUT2D eigenvalue weighted by molar-refractivity contribution is -0.137. The van der Waals surface area contributed by atoms with Crippen molar-refractivity contribution in [2.75, 3.05) is 18.4 Å². The Hall–Kier alpha value is -2.60. The second-order valence-electron chi connectivity index (χ2n) is 3.95. The Morgan fingerprint density at radius 2 is 2.05 bits per heavy atom. The molecule has 9 heteroatoms. The van der Waals surface area contributed by atoms with Crippen LogP contribution in [0.4, 0.5) is 10.5 Å². The molecule has 0 heterocycles. The van der Waals surface area contributed by atoms with Crippen LogP contribution in [-0.2, 0) is 9.59 Å². The highest BCUT2D eigenvalue weighted by atomic mass is 79.9. The van der Waals surface area contributed by atoms with Crippen LogP contribution in [0.2, 0.25) is 0 Å². The average Bonchev–Trinajstić information content (AvgIpc) is 2.39. The SMILES string of the molecule is N#Cc1ccc(NC(=O)N(CC(N)=O)CC(=O)O)c(Br)c1. The molecule has 4 N–H and O–H groups in total. The van der Waals surface area contributed by atoms with Gasteiger partial charge in [0, 0.05) is 4.47 Å². The molecule has 21 heavy (non-hydrogen) atoms. The highest BCUT2D eigenvalue weighted by Crippen LogP contribution is 2.23. The molecule has 8 nitrogen and oxygen atoms in total. The Labute approximate surface area is 128 Å². The number of hydrogen-bond acceptors (Lipinski definition) is 4. The number of carbonyl (C=O) groups excluding carboxylic acids is 2. The van der Waals surface area contributed by atoms with E-state index in [1.807, 2.05) is 6.07 Å². The monoisotopic (exact) mass is 354 g/mol. The number of primary amides is 1. The Morgan fingerprint density at radius 1 is 1.38 bits per heavy atom. The number of nitrogens with zero attached hydrogens (tertiary/aromatic N) is 2. The maximum absolute atomic E-state index is 11.9. The van der Waals surface area contributed by atoms with Gasteiger partial charge in [0.25, 0.3) is 0 Å². The van der Waals surface area contributed by atoms with E-state index >= 15 is 0 Å². The molecule has 1 aromatic rings. The molecular weight excluding hydrogens is 344 g/mol. The molecule has 0 aliphatic heterocycles. The normalized spacial score (nSPS) is 9.52. The molecule has 0 fully saturated rings. The van der Waals surface area contributed by atoms with E-state index in [2.05, 4.69) is 21.2 Å². The summed E-state index contributed by atoms with van der Waals surface area (Å²) in [7, 11) is 0. The molecule has 0 spiro atoms. The van der Waals surface area contributed by atoms with E-state index in [-0.39, 0.29) is 0 Å². The highest BCUT2D eigenvalue weighted by Gasteiger charge is 2.19. The Bertz CT molecular complexity index is 610. The molecule has 0 aliphatic rings. The number of aliphatic carboxylic acids is 1. The van der Waals surface area contributed by atoms with Crippen LogP contribution < -0.4 is 11.1 Å². The Balaban J connectivity index is 2.88. The number of anilines is 1. The van der Waals surface area contributed by atoms with Crippen LogP contribution in [0.25, 0.3) is 0 Å². The maximum Gasteiger partial charge on any atom is 0.323 e. The van der Waals surface area contributed by atoms with Crippen LogP contribution in [0, 0.1) is 11.3 Å². The van der Waals surface area contributed by atoms with Gasteiger partial charge >= 0.3 is 12.0 Å². The zero-order valence-electron chi connectivity index (χ0n) is 10.7. The number of carboxylic acids is 1. The fourth-order valence-corrected chi connectivity index (χ4v) is 1.91. The van der Waals surface area contributed by atoms with E-state index in [0.29, 0.717) is 15.7 Å². The molecule has 0 bridgehead atoms. The van der Waals surface area contributed by atoms with Gasteiger partial charge in [-0.1, -0.05) is 0 Å². The van der Waals surface area contributed by atoms with Crippen molar-refractivity contribution in [3.63, 3.8) is 0 Å². The number of carboxylic acid groups (broad SMARTS) is 1. The zero-order chi connectivity index (χ0) is 16.0. The summed E-state index contributed by atoms with van der Waals surface area (Å²) >= 11 is 3.17. The second-order valence-corrected chi connectivity index (χ2v) is 4.81. The van der Waals surface area contributed by atoms with Crippen LogP contribution in [0.5, 0.6) is 0 Å². The minimum Gasteiger partial charge on any atom is -0.480 e. The average molecular weight is 355 g/mol. The number of amides is 3. The molecule has 0 aliphatic carbocycles. The first-order chi connectivity index (χ1) is 9.83. The number of urea groups is 1. The zero-order valence-corrected chi connectivity index (χ0v) is 12.3. The van der Waals surface area contributed by atoms with Crippen LogP contribution in [0.15, 0.2) is 22.7 Å². The van der Waals surface area contributed by atoms with Crippen LogP contribution in [0.1, 0.15) is 5.56 Å². The van der Waals surface area contributed by atoms with E-state index in [4.69, 9.17) is 16.1 Å². The van der Waals surface area contributed by atoms with Crippen molar-refractivity contribution >= 4 is 39.5 Å². The molecular formula is C12H11BrN4O4. The summed E-state index contributed by atoms with van der Waals surface area (Å²) < 4.78 is 0.448. The third-order valence-corrected chi connectivity index (χ3v) is 2.96. The lowest BCUT2D eigenvalue weighted by atomic mass is 10.2. The number of nitrogens with one attached hydrogen (secondary N) is 1. The molecule has 0 radical (unpaired) electrons. The summed E-state index contributed by atoms with van der Waals surface area (Å²) in [6.45, 7) is -1.19. The highest BCUT2D eigenvalue weighted by molar-refractivity contribution is 9.10. The second kappa shape index (κ2) is 7.25. The fraction of sp³-hybridized carbons (Fsp3) is 0.167. The van der Waals surface area contributed by atoms with Crippen molar-refractivity contribution in [3.8, 4) is 6.07 Å². The Morgan fingerprint density at radius 3 is 2.52 bits per heavy atom. The first kappa shape index (κ1) is 16.5. The molecule has 0 atom stereocenters. The molecule has 0 saturated carbocycles. The van der Waals surface area contributed by atoms with Gasteiger partial charge < -0.3 is 21.1 Å². The number of benzene rings is 1. The lowest BCUT2D eigenvalue weighted by Gasteiger charge is -2.20. The summed E-state index contributed by atoms with van der Waals surface area (Å²) in [6, 6.07) is 5.59. The van der Waals surface area contributed by atoms with E-state index < -0.39 is 31.0 Å².